The number of fused-ring (bicyclic) bond motifs is 1. The summed E-state index contributed by atoms with van der Waals surface area (Å²) in [5.41, 5.74) is 1.33. The predicted octanol–water partition coefficient (Wildman–Crippen LogP) is 3.83. The van der Waals surface area contributed by atoms with E-state index in [-0.39, 0.29) is 0 Å². The molecule has 1 heterocycles. The molecule has 2 rings (SSSR count). The molecule has 22 heavy (non-hydrogen) atoms. The monoisotopic (exact) mass is 319 g/mol. The van der Waals surface area contributed by atoms with Gasteiger partial charge >= 0.3 is 8.80 Å². The molecule has 0 aliphatic heterocycles. The van der Waals surface area contributed by atoms with E-state index >= 15 is 0 Å². The minimum absolute atomic E-state index is 0.865. The number of unbranched alkanes of at least 4 members (excludes halogenated alkanes) is 2. The topological polar surface area (TPSA) is 40.6 Å². The van der Waals surface area contributed by atoms with Crippen LogP contribution in [0.5, 0.6) is 0 Å². The highest BCUT2D eigenvalue weighted by Gasteiger charge is 2.36. The number of nitrogens with zero attached hydrogens (tertiary/aromatic N) is 1. The summed E-state index contributed by atoms with van der Waals surface area (Å²) in [7, 11) is 2.60. The molecule has 0 N–H and O–H groups in total. The lowest BCUT2D eigenvalue weighted by Gasteiger charge is -2.24. The zero-order valence-electron chi connectivity index (χ0n) is 13.7. The van der Waals surface area contributed by atoms with Gasteiger partial charge in [-0.2, -0.15) is 0 Å². The van der Waals surface area contributed by atoms with Crippen LogP contribution in [0.25, 0.3) is 10.8 Å². The number of pyridine rings is 1. The normalized spacial score (nSPS) is 12.0. The van der Waals surface area contributed by atoms with Gasteiger partial charge < -0.3 is 13.3 Å². The van der Waals surface area contributed by atoms with Crippen molar-refractivity contribution < 1.29 is 13.3 Å². The molecule has 0 fully saturated rings. The molecule has 4 nitrogen and oxygen atoms in total. The van der Waals surface area contributed by atoms with Crippen LogP contribution in [0.2, 0.25) is 6.04 Å². The molecule has 1 aromatic heterocycles. The van der Waals surface area contributed by atoms with Gasteiger partial charge in [-0.3, -0.25) is 4.98 Å². The fraction of sp³-hybridized carbons (Fsp3) is 0.471. The van der Waals surface area contributed by atoms with Gasteiger partial charge in [0.15, 0.2) is 0 Å². The van der Waals surface area contributed by atoms with Crippen LogP contribution in [0.3, 0.4) is 0 Å². The third-order valence-electron chi connectivity index (χ3n) is 4.11. The van der Waals surface area contributed by atoms with Gasteiger partial charge in [-0.05, 0) is 30.2 Å². The van der Waals surface area contributed by atoms with Crippen LogP contribution in [0.15, 0.2) is 36.7 Å². The highest BCUT2D eigenvalue weighted by atomic mass is 28.4. The average Bonchev–Trinajstić information content (AvgIpc) is 2.59. The largest absolute Gasteiger partial charge is 0.500 e. The standard InChI is InChI=1S/C17H25NO3Si/c1-19-22(20-2,21-3)12-8-4-5-9-15-13-18-14-16-10-6-7-11-17(15)16/h6-7,10-11,13-14H,4-5,8-9,12H2,1-3H3. The molecule has 0 aliphatic rings. The summed E-state index contributed by atoms with van der Waals surface area (Å²) in [4.78, 5) is 4.34. The van der Waals surface area contributed by atoms with Crippen molar-refractivity contribution >= 4 is 19.6 Å². The summed E-state index contributed by atoms with van der Waals surface area (Å²) in [6.07, 6.45) is 8.29. The van der Waals surface area contributed by atoms with Crippen molar-refractivity contribution in [3.05, 3.63) is 42.2 Å². The van der Waals surface area contributed by atoms with E-state index in [0.717, 1.165) is 31.7 Å². The first-order chi connectivity index (χ1) is 10.7. The molecular weight excluding hydrogens is 294 g/mol. The van der Waals surface area contributed by atoms with Crippen LogP contribution in [-0.4, -0.2) is 35.1 Å². The van der Waals surface area contributed by atoms with Gasteiger partial charge in [0, 0.05) is 45.2 Å². The minimum atomic E-state index is -2.40. The number of hydrogen-bond acceptors (Lipinski definition) is 4. The predicted molar refractivity (Wildman–Crippen MR) is 90.9 cm³/mol. The van der Waals surface area contributed by atoms with Crippen LogP contribution in [-0.2, 0) is 19.7 Å². The molecule has 0 atom stereocenters. The molecule has 0 spiro atoms. The minimum Gasteiger partial charge on any atom is -0.377 e. The number of benzene rings is 1. The van der Waals surface area contributed by atoms with Crippen LogP contribution < -0.4 is 0 Å². The summed E-state index contributed by atoms with van der Waals surface area (Å²) < 4.78 is 16.3. The Kier molecular flexibility index (Phi) is 6.51. The Morgan fingerprint density at radius 1 is 0.909 bits per heavy atom. The molecule has 0 bridgehead atoms. The second-order valence-electron chi connectivity index (χ2n) is 5.38. The molecule has 2 aromatic rings. The van der Waals surface area contributed by atoms with Crippen molar-refractivity contribution in [3.63, 3.8) is 0 Å². The third-order valence-corrected chi connectivity index (χ3v) is 6.94. The van der Waals surface area contributed by atoms with Gasteiger partial charge in [-0.25, -0.2) is 0 Å². The van der Waals surface area contributed by atoms with E-state index < -0.39 is 8.80 Å². The van der Waals surface area contributed by atoms with Gasteiger partial charge in [-0.15, -0.1) is 0 Å². The Morgan fingerprint density at radius 3 is 2.36 bits per heavy atom. The van der Waals surface area contributed by atoms with E-state index in [2.05, 4.69) is 29.2 Å². The van der Waals surface area contributed by atoms with E-state index in [1.807, 2.05) is 12.4 Å². The van der Waals surface area contributed by atoms with Crippen molar-refractivity contribution in [2.45, 2.75) is 31.7 Å². The maximum atomic E-state index is 5.44. The van der Waals surface area contributed by atoms with Crippen molar-refractivity contribution in [3.8, 4) is 0 Å². The van der Waals surface area contributed by atoms with Gasteiger partial charge in [-0.1, -0.05) is 30.7 Å². The molecule has 0 saturated heterocycles. The lowest BCUT2D eigenvalue weighted by molar-refractivity contribution is 0.122. The van der Waals surface area contributed by atoms with Crippen molar-refractivity contribution in [1.29, 1.82) is 0 Å². The number of rotatable bonds is 9. The Labute approximate surface area is 133 Å². The van der Waals surface area contributed by atoms with E-state index in [0.29, 0.717) is 0 Å². The highest BCUT2D eigenvalue weighted by Crippen LogP contribution is 2.21. The Hall–Kier alpha value is -1.27. The summed E-state index contributed by atoms with van der Waals surface area (Å²) in [6, 6.07) is 9.29. The van der Waals surface area contributed by atoms with E-state index in [9.17, 15) is 0 Å². The lowest BCUT2D eigenvalue weighted by Crippen LogP contribution is -2.42. The Balaban J connectivity index is 1.84. The fourth-order valence-corrected chi connectivity index (χ4v) is 4.56. The number of hydrogen-bond donors (Lipinski definition) is 0. The quantitative estimate of drug-likeness (QED) is 0.520. The van der Waals surface area contributed by atoms with Crippen LogP contribution in [0.4, 0.5) is 0 Å². The fourth-order valence-electron chi connectivity index (χ4n) is 2.77. The van der Waals surface area contributed by atoms with Crippen LogP contribution in [0, 0.1) is 0 Å². The molecule has 120 valence electrons. The SMILES string of the molecule is CO[Si](CCCCCc1cncc2ccccc12)(OC)OC. The van der Waals surface area contributed by atoms with Gasteiger partial charge in [0.2, 0.25) is 0 Å². The molecule has 0 saturated carbocycles. The van der Waals surface area contributed by atoms with Crippen molar-refractivity contribution in [2.75, 3.05) is 21.3 Å². The third kappa shape index (κ3) is 4.13. The van der Waals surface area contributed by atoms with Gasteiger partial charge in [0.25, 0.3) is 0 Å². The maximum Gasteiger partial charge on any atom is 0.500 e. The molecule has 5 heteroatoms. The lowest BCUT2D eigenvalue weighted by atomic mass is 10.0. The van der Waals surface area contributed by atoms with Crippen molar-refractivity contribution in [1.82, 2.24) is 4.98 Å². The first-order valence-electron chi connectivity index (χ1n) is 7.72. The molecule has 1 aromatic carbocycles. The van der Waals surface area contributed by atoms with E-state index in [1.54, 1.807) is 21.3 Å². The summed E-state index contributed by atoms with van der Waals surface area (Å²) in [5, 5.41) is 2.52. The number of aromatic nitrogens is 1. The first kappa shape index (κ1) is 17.1. The van der Waals surface area contributed by atoms with Crippen molar-refractivity contribution in [2.24, 2.45) is 0 Å². The molecule has 0 amide bonds. The second kappa shape index (κ2) is 8.38. The smallest absolute Gasteiger partial charge is 0.377 e. The highest BCUT2D eigenvalue weighted by molar-refractivity contribution is 6.60. The van der Waals surface area contributed by atoms with E-state index in [1.165, 1.54) is 16.3 Å². The second-order valence-corrected chi connectivity index (χ2v) is 8.47. The molecule has 0 aliphatic carbocycles. The zero-order valence-corrected chi connectivity index (χ0v) is 14.7. The maximum absolute atomic E-state index is 5.44. The van der Waals surface area contributed by atoms with Gasteiger partial charge in [0.05, 0.1) is 0 Å². The van der Waals surface area contributed by atoms with E-state index in [4.69, 9.17) is 13.3 Å². The first-order valence-corrected chi connectivity index (χ1v) is 9.65. The zero-order chi connectivity index (χ0) is 15.8. The Morgan fingerprint density at radius 2 is 1.64 bits per heavy atom. The van der Waals surface area contributed by atoms with Gasteiger partial charge in [0.1, 0.15) is 0 Å². The van der Waals surface area contributed by atoms with Crippen LogP contribution in [0.1, 0.15) is 24.8 Å². The Bertz CT molecular complexity index is 573. The van der Waals surface area contributed by atoms with Crippen LogP contribution >= 0.6 is 0 Å². The summed E-state index contributed by atoms with van der Waals surface area (Å²) in [5.74, 6) is 0. The molecular formula is C17H25NO3Si. The molecule has 0 unspecified atom stereocenters. The number of aryl methyl sites for hydroxylation is 1. The summed E-state index contributed by atoms with van der Waals surface area (Å²) >= 11 is 0. The summed E-state index contributed by atoms with van der Waals surface area (Å²) in [6.45, 7) is 0. The average molecular weight is 319 g/mol. The molecule has 0 radical (unpaired) electrons.